The van der Waals surface area contributed by atoms with Gasteiger partial charge in [-0.2, -0.15) is 5.26 Å². The van der Waals surface area contributed by atoms with Crippen LogP contribution in [0.3, 0.4) is 0 Å². The second-order valence-electron chi connectivity index (χ2n) is 10.7. The third-order valence-corrected chi connectivity index (χ3v) is 7.99. The molecule has 3 aromatic rings. The van der Waals surface area contributed by atoms with E-state index in [4.69, 9.17) is 42.0 Å². The number of morpholine rings is 1. The molecule has 2 fully saturated rings. The van der Waals surface area contributed by atoms with E-state index in [1.807, 2.05) is 29.9 Å². The Kier molecular flexibility index (Phi) is 10.1. The van der Waals surface area contributed by atoms with Crippen LogP contribution >= 0.6 is 11.6 Å². The second kappa shape index (κ2) is 14.4. The highest BCUT2D eigenvalue weighted by Crippen LogP contribution is 2.35. The van der Waals surface area contributed by atoms with Gasteiger partial charge in [0, 0.05) is 37.1 Å². The number of nitrogens with zero attached hydrogens (tertiary/aromatic N) is 7. The zero-order valence-corrected chi connectivity index (χ0v) is 24.8. The van der Waals surface area contributed by atoms with Gasteiger partial charge >= 0.3 is 0 Å². The highest BCUT2D eigenvalue weighted by molar-refractivity contribution is 6.32. The highest BCUT2D eigenvalue weighted by Gasteiger charge is 2.29. The number of nitrogens with one attached hydrogen (secondary N) is 3. The van der Waals surface area contributed by atoms with Crippen LogP contribution in [0.15, 0.2) is 36.8 Å². The molecule has 1 atom stereocenters. The normalized spacial score (nSPS) is 19.7. The Morgan fingerprint density at radius 2 is 1.91 bits per heavy atom. The minimum absolute atomic E-state index is 0.115. The summed E-state index contributed by atoms with van der Waals surface area (Å²) in [4.78, 5) is 11.5. The standard InChI is InChI=1S/C29H36ClN10O3/c1-20(17-39(33)19-32)43-27-14-21(2-7-25(27)30)22-15-34-29(35-16-22)36-26-18-40(37-28(26)42-11-8-31)24-5-3-23(4-6-24)38-9-12-41-13-10-38/h2,7,14-16,18-20,23-24,32-33H,3-6,9-13,17H2,1H3,(H,34,35,36)/q+1/t20-,23-,24-/m0/s1. The molecule has 0 radical (unpaired) electrons. The molecule has 0 bridgehead atoms. The van der Waals surface area contributed by atoms with Crippen molar-refractivity contribution in [1.82, 2.24) is 24.6 Å². The third kappa shape index (κ3) is 7.84. The van der Waals surface area contributed by atoms with Crippen molar-refractivity contribution in [2.75, 3.05) is 44.8 Å². The van der Waals surface area contributed by atoms with E-state index in [2.05, 4.69) is 25.3 Å². The van der Waals surface area contributed by atoms with Crippen LogP contribution in [0, 0.1) is 22.3 Å². The first-order chi connectivity index (χ1) is 20.9. The smallest absolute Gasteiger partial charge is 0.297 e. The molecule has 226 valence electrons. The second-order valence-corrected chi connectivity index (χ2v) is 11.1. The number of aromatic nitrogens is 4. The van der Waals surface area contributed by atoms with Crippen LogP contribution in [0.25, 0.3) is 11.1 Å². The fraction of sp³-hybridized carbons (Fsp3) is 0.483. The predicted molar refractivity (Wildman–Crippen MR) is 160 cm³/mol. The van der Waals surface area contributed by atoms with E-state index >= 15 is 0 Å². The lowest BCUT2D eigenvalue weighted by molar-refractivity contribution is -0.505. The molecule has 2 aliphatic rings. The molecule has 1 aromatic carbocycles. The van der Waals surface area contributed by atoms with Crippen molar-refractivity contribution >= 4 is 29.6 Å². The molecular weight excluding hydrogens is 572 g/mol. The van der Waals surface area contributed by atoms with Gasteiger partial charge < -0.3 is 19.5 Å². The molecule has 43 heavy (non-hydrogen) atoms. The van der Waals surface area contributed by atoms with Crippen LogP contribution in [-0.2, 0) is 4.74 Å². The maximum absolute atomic E-state index is 9.09. The number of rotatable bonds is 12. The Balaban J connectivity index is 1.25. The Morgan fingerprint density at radius 1 is 1.19 bits per heavy atom. The summed E-state index contributed by atoms with van der Waals surface area (Å²) in [6.07, 6.45) is 10.1. The number of halogens is 1. The first-order valence-corrected chi connectivity index (χ1v) is 14.8. The van der Waals surface area contributed by atoms with Crippen molar-refractivity contribution in [3.8, 4) is 28.8 Å². The number of benzene rings is 1. The third-order valence-electron chi connectivity index (χ3n) is 7.67. The van der Waals surface area contributed by atoms with Gasteiger partial charge in [-0.25, -0.2) is 9.97 Å². The fourth-order valence-corrected chi connectivity index (χ4v) is 5.67. The van der Waals surface area contributed by atoms with E-state index in [0.29, 0.717) is 34.3 Å². The van der Waals surface area contributed by atoms with E-state index in [0.717, 1.165) is 74.1 Å². The van der Waals surface area contributed by atoms with Gasteiger partial charge in [-0.15, -0.1) is 20.7 Å². The number of ether oxygens (including phenoxy) is 3. The fourth-order valence-electron chi connectivity index (χ4n) is 5.50. The Labute approximate surface area is 255 Å². The van der Waals surface area contributed by atoms with Gasteiger partial charge in [0.2, 0.25) is 5.95 Å². The van der Waals surface area contributed by atoms with E-state index in [1.54, 1.807) is 24.5 Å². The van der Waals surface area contributed by atoms with Crippen molar-refractivity contribution in [3.63, 3.8) is 0 Å². The molecule has 1 saturated heterocycles. The molecule has 1 saturated carbocycles. The maximum Gasteiger partial charge on any atom is 0.297 e. The summed E-state index contributed by atoms with van der Waals surface area (Å²) in [5, 5.41) is 24.6. The van der Waals surface area contributed by atoms with Gasteiger partial charge in [-0.3, -0.25) is 9.58 Å². The molecule has 1 aliphatic carbocycles. The van der Waals surface area contributed by atoms with Crippen molar-refractivity contribution in [2.24, 2.45) is 0 Å². The van der Waals surface area contributed by atoms with Gasteiger partial charge in [0.05, 0.1) is 30.5 Å². The summed E-state index contributed by atoms with van der Waals surface area (Å²) < 4.78 is 20.0. The molecular formula is C29H36ClN10O3+. The van der Waals surface area contributed by atoms with Crippen molar-refractivity contribution in [2.45, 2.75) is 50.8 Å². The summed E-state index contributed by atoms with van der Waals surface area (Å²) in [6, 6.07) is 8.23. The molecule has 0 spiro atoms. The average Bonchev–Trinajstić information content (AvgIpc) is 3.44. The van der Waals surface area contributed by atoms with Crippen LogP contribution in [0.2, 0.25) is 5.02 Å². The molecule has 2 aromatic heterocycles. The van der Waals surface area contributed by atoms with Crippen LogP contribution in [0.5, 0.6) is 11.6 Å². The van der Waals surface area contributed by atoms with E-state index in [-0.39, 0.29) is 25.3 Å². The SMILES string of the molecule is C[C@@H](C[N+](=N)C=N)Oc1cc(-c2cnc(Nc3cn([C@H]4CC[C@H](N5CCOCC5)CC4)nc3OCC#N)nc2)ccc1Cl. The monoisotopic (exact) mass is 607 g/mol. The summed E-state index contributed by atoms with van der Waals surface area (Å²) in [5.74, 6) is 1.17. The minimum atomic E-state index is -0.354. The molecule has 3 N–H and O–H groups in total. The van der Waals surface area contributed by atoms with Crippen molar-refractivity contribution < 1.29 is 18.9 Å². The molecule has 1 aliphatic heterocycles. The van der Waals surface area contributed by atoms with Crippen molar-refractivity contribution in [1.29, 1.82) is 16.2 Å². The number of anilines is 2. The zero-order valence-electron chi connectivity index (χ0n) is 24.1. The Bertz CT molecular complexity index is 1440. The summed E-state index contributed by atoms with van der Waals surface area (Å²) in [6.45, 7) is 5.54. The van der Waals surface area contributed by atoms with Gasteiger partial charge in [0.25, 0.3) is 12.2 Å². The average molecular weight is 608 g/mol. The van der Waals surface area contributed by atoms with E-state index in [1.165, 1.54) is 0 Å². The van der Waals surface area contributed by atoms with Crippen LogP contribution < -0.4 is 14.8 Å². The van der Waals surface area contributed by atoms with Gasteiger partial charge in [0.1, 0.15) is 30.2 Å². The molecule has 0 amide bonds. The van der Waals surface area contributed by atoms with Crippen LogP contribution in [-0.4, -0.2) is 87.3 Å². The van der Waals surface area contributed by atoms with Gasteiger partial charge in [-0.1, -0.05) is 17.7 Å². The predicted octanol–water partition coefficient (Wildman–Crippen LogP) is 4.87. The molecule has 5 rings (SSSR count). The first kappa shape index (κ1) is 30.3. The molecule has 13 nitrogen and oxygen atoms in total. The number of hydrogen-bond donors (Lipinski definition) is 3. The van der Waals surface area contributed by atoms with E-state index in [9.17, 15) is 0 Å². The first-order valence-electron chi connectivity index (χ1n) is 14.4. The largest absolute Gasteiger partial charge is 0.485 e. The van der Waals surface area contributed by atoms with Crippen molar-refractivity contribution in [3.05, 3.63) is 41.8 Å². The summed E-state index contributed by atoms with van der Waals surface area (Å²) >= 11 is 6.35. The van der Waals surface area contributed by atoms with Gasteiger partial charge in [-0.05, 0) is 50.3 Å². The zero-order chi connectivity index (χ0) is 30.2. The Hall–Kier alpha value is -4.12. The lowest BCUT2D eigenvalue weighted by Gasteiger charge is -2.38. The maximum atomic E-state index is 9.09. The highest BCUT2D eigenvalue weighted by atomic mass is 35.5. The summed E-state index contributed by atoms with van der Waals surface area (Å²) in [5.41, 5.74) is 9.78. The Morgan fingerprint density at radius 3 is 2.60 bits per heavy atom. The molecule has 0 unspecified atom stereocenters. The van der Waals surface area contributed by atoms with Crippen LogP contribution in [0.1, 0.15) is 38.6 Å². The minimum Gasteiger partial charge on any atom is -0.485 e. The summed E-state index contributed by atoms with van der Waals surface area (Å²) in [7, 11) is 0. The lowest BCUT2D eigenvalue weighted by Crippen LogP contribution is -2.45. The van der Waals surface area contributed by atoms with Crippen LogP contribution in [0.4, 0.5) is 11.6 Å². The molecule has 3 heterocycles. The molecule has 14 heteroatoms. The number of hydrogen-bond acceptors (Lipinski definition) is 11. The lowest BCUT2D eigenvalue weighted by atomic mass is 9.90. The number of nitriles is 1. The topological polar surface area (TPSA) is 161 Å². The van der Waals surface area contributed by atoms with E-state index < -0.39 is 0 Å². The quantitative estimate of drug-likeness (QED) is 0.113. The van der Waals surface area contributed by atoms with Gasteiger partial charge in [0.15, 0.2) is 6.61 Å².